The number of hydrogen-bond donors (Lipinski definition) is 1. The minimum absolute atomic E-state index is 0.0216. The largest absolute Gasteiger partial charge is 0.456 e. The highest BCUT2D eigenvalue weighted by Crippen LogP contribution is 2.39. The van der Waals surface area contributed by atoms with Gasteiger partial charge in [0, 0.05) is 13.8 Å². The van der Waals surface area contributed by atoms with Crippen molar-refractivity contribution < 1.29 is 28.2 Å². The Morgan fingerprint density at radius 1 is 1.12 bits per heavy atom. The Hall–Kier alpha value is -2.57. The number of nitrogen functional groups attached to an aromatic ring is 1. The maximum Gasteiger partial charge on any atom is 0.303 e. The van der Waals surface area contributed by atoms with Crippen molar-refractivity contribution in [1.82, 2.24) is 19.5 Å². The fraction of sp³-hybridized carbons (Fsp3) is 0.650. The molecular formula is C20H31N5O6Si. The summed E-state index contributed by atoms with van der Waals surface area (Å²) in [6.07, 6.45) is -0.526. The van der Waals surface area contributed by atoms with Crippen molar-refractivity contribution in [2.75, 3.05) is 12.3 Å². The second kappa shape index (κ2) is 8.75. The number of rotatable bonds is 6. The molecule has 1 saturated heterocycles. The molecule has 4 atom stereocenters. The highest BCUT2D eigenvalue weighted by Gasteiger charge is 2.51. The molecule has 3 rings (SSSR count). The molecule has 0 bridgehead atoms. The van der Waals surface area contributed by atoms with Gasteiger partial charge in [-0.3, -0.25) is 14.2 Å². The Morgan fingerprint density at radius 3 is 2.34 bits per heavy atom. The molecule has 2 aromatic heterocycles. The van der Waals surface area contributed by atoms with Gasteiger partial charge in [-0.1, -0.05) is 20.8 Å². The predicted octanol–water partition coefficient (Wildman–Crippen LogP) is 2.19. The highest BCUT2D eigenvalue weighted by atomic mass is 28.4. The van der Waals surface area contributed by atoms with Gasteiger partial charge in [-0.15, -0.1) is 0 Å². The van der Waals surface area contributed by atoms with Crippen molar-refractivity contribution in [3.05, 3.63) is 12.7 Å². The van der Waals surface area contributed by atoms with E-state index >= 15 is 0 Å². The zero-order valence-electron chi connectivity index (χ0n) is 19.5. The van der Waals surface area contributed by atoms with Crippen LogP contribution in [0.2, 0.25) is 18.1 Å². The number of hydrogen-bond acceptors (Lipinski definition) is 10. The zero-order valence-corrected chi connectivity index (χ0v) is 20.5. The van der Waals surface area contributed by atoms with Gasteiger partial charge in [-0.25, -0.2) is 15.0 Å². The van der Waals surface area contributed by atoms with Crippen molar-refractivity contribution in [3.8, 4) is 0 Å². The molecule has 0 aromatic carbocycles. The average molecular weight is 466 g/mol. The van der Waals surface area contributed by atoms with Crippen LogP contribution in [0.4, 0.5) is 5.82 Å². The first-order valence-corrected chi connectivity index (χ1v) is 13.3. The standard InChI is InChI=1S/C20H31N5O6Si/c1-11(26)29-15-13(8-28-32(6,7)20(3,4)5)31-19(16(15)30-12(2)27)25-10-24-14-17(21)22-9-23-18(14)25/h9-10,13,15-16,19H,8H2,1-7H3,(H2,21,22,23)/t13-,15-,16+,19-/m1/s1. The number of fused-ring (bicyclic) bond motifs is 1. The van der Waals surface area contributed by atoms with E-state index in [1.807, 2.05) is 0 Å². The number of carbonyl (C=O) groups excluding carboxylic acids is 2. The first-order chi connectivity index (χ1) is 14.8. The number of esters is 2. The third-order valence-corrected chi connectivity index (χ3v) is 10.5. The van der Waals surface area contributed by atoms with Crippen molar-refractivity contribution in [2.45, 2.75) is 77.3 Å². The smallest absolute Gasteiger partial charge is 0.303 e. The lowest BCUT2D eigenvalue weighted by Gasteiger charge is -2.37. The second-order valence-electron chi connectivity index (χ2n) is 9.37. The Kier molecular flexibility index (Phi) is 6.59. The number of carbonyl (C=O) groups is 2. The first-order valence-electron chi connectivity index (χ1n) is 10.4. The Bertz CT molecular complexity index is 1000. The molecule has 0 saturated carbocycles. The molecule has 1 aliphatic heterocycles. The average Bonchev–Trinajstić information content (AvgIpc) is 3.22. The van der Waals surface area contributed by atoms with Gasteiger partial charge in [0.15, 0.2) is 38.2 Å². The van der Waals surface area contributed by atoms with Crippen molar-refractivity contribution >= 4 is 37.2 Å². The number of aromatic nitrogens is 4. The summed E-state index contributed by atoms with van der Waals surface area (Å²) in [5, 5.41) is -0.0216. The Morgan fingerprint density at radius 2 is 1.75 bits per heavy atom. The van der Waals surface area contributed by atoms with E-state index in [-0.39, 0.29) is 17.5 Å². The summed E-state index contributed by atoms with van der Waals surface area (Å²) >= 11 is 0. The van der Waals surface area contributed by atoms with Crippen LogP contribution >= 0.6 is 0 Å². The summed E-state index contributed by atoms with van der Waals surface area (Å²) in [7, 11) is -2.12. The van der Waals surface area contributed by atoms with E-state index in [1.54, 1.807) is 4.57 Å². The van der Waals surface area contributed by atoms with Crippen LogP contribution in [-0.4, -0.2) is 64.7 Å². The molecule has 3 heterocycles. The lowest BCUT2D eigenvalue weighted by Crippen LogP contribution is -2.46. The molecule has 11 nitrogen and oxygen atoms in total. The van der Waals surface area contributed by atoms with Crippen molar-refractivity contribution in [1.29, 1.82) is 0 Å². The van der Waals surface area contributed by atoms with Crippen LogP contribution in [0.1, 0.15) is 40.8 Å². The van der Waals surface area contributed by atoms with Gasteiger partial charge in [-0.05, 0) is 18.1 Å². The summed E-state index contributed by atoms with van der Waals surface area (Å²) in [4.78, 5) is 36.2. The predicted molar refractivity (Wildman–Crippen MR) is 118 cm³/mol. The van der Waals surface area contributed by atoms with Crippen LogP contribution in [0, 0.1) is 0 Å². The van der Waals surface area contributed by atoms with Gasteiger partial charge in [0.05, 0.1) is 12.9 Å². The van der Waals surface area contributed by atoms with E-state index in [1.165, 1.54) is 26.5 Å². The van der Waals surface area contributed by atoms with E-state index in [9.17, 15) is 9.59 Å². The van der Waals surface area contributed by atoms with E-state index in [4.69, 9.17) is 24.4 Å². The Labute approximate surface area is 187 Å². The lowest BCUT2D eigenvalue weighted by atomic mass is 10.1. The number of nitrogens with two attached hydrogens (primary N) is 1. The lowest BCUT2D eigenvalue weighted by molar-refractivity contribution is -0.165. The fourth-order valence-electron chi connectivity index (χ4n) is 3.28. The summed E-state index contributed by atoms with van der Waals surface area (Å²) in [5.74, 6) is -0.841. The minimum atomic E-state index is -2.12. The normalized spacial score (nSPS) is 24.0. The SMILES string of the molecule is CC(=O)O[C@H]1[C@H](OC(C)=O)[C@@H](CO[Si](C)(C)C(C)(C)C)O[C@H]1n1cnc2c(N)ncnc21. The number of ether oxygens (including phenoxy) is 3. The summed E-state index contributed by atoms with van der Waals surface area (Å²) in [6, 6.07) is 0. The first kappa shape index (κ1) is 24.1. The van der Waals surface area contributed by atoms with Gasteiger partial charge >= 0.3 is 11.9 Å². The zero-order chi connectivity index (χ0) is 23.8. The van der Waals surface area contributed by atoms with Gasteiger partial charge < -0.3 is 24.4 Å². The van der Waals surface area contributed by atoms with E-state index in [2.05, 4.69) is 48.8 Å². The van der Waals surface area contributed by atoms with E-state index in [0.29, 0.717) is 11.2 Å². The molecule has 2 aromatic rings. The fourth-order valence-corrected chi connectivity index (χ4v) is 4.29. The van der Waals surface area contributed by atoms with Crippen LogP contribution in [0.5, 0.6) is 0 Å². The van der Waals surface area contributed by atoms with Crippen LogP contribution < -0.4 is 5.73 Å². The Balaban J connectivity index is 1.98. The van der Waals surface area contributed by atoms with Crippen LogP contribution in [0.3, 0.4) is 0 Å². The monoisotopic (exact) mass is 465 g/mol. The maximum absolute atomic E-state index is 11.9. The number of nitrogens with zero attached hydrogens (tertiary/aromatic N) is 4. The van der Waals surface area contributed by atoms with Crippen LogP contribution in [0.25, 0.3) is 11.2 Å². The van der Waals surface area contributed by atoms with Gasteiger partial charge in [0.1, 0.15) is 17.9 Å². The van der Waals surface area contributed by atoms with Crippen LogP contribution in [-0.2, 0) is 28.2 Å². The molecule has 1 aliphatic rings. The molecule has 0 spiro atoms. The van der Waals surface area contributed by atoms with Crippen molar-refractivity contribution in [3.63, 3.8) is 0 Å². The summed E-state index contributed by atoms with van der Waals surface area (Å²) in [6.45, 7) is 13.4. The molecule has 0 aliphatic carbocycles. The van der Waals surface area contributed by atoms with E-state index < -0.39 is 44.8 Å². The molecule has 176 valence electrons. The molecular weight excluding hydrogens is 434 g/mol. The summed E-state index contributed by atoms with van der Waals surface area (Å²) < 4.78 is 25.3. The number of anilines is 1. The molecule has 2 N–H and O–H groups in total. The molecule has 0 amide bonds. The van der Waals surface area contributed by atoms with Crippen molar-refractivity contribution in [2.24, 2.45) is 0 Å². The quantitative estimate of drug-likeness (QED) is 0.498. The third kappa shape index (κ3) is 4.76. The van der Waals surface area contributed by atoms with Gasteiger partial charge in [0.25, 0.3) is 0 Å². The van der Waals surface area contributed by atoms with Gasteiger partial charge in [0.2, 0.25) is 0 Å². The minimum Gasteiger partial charge on any atom is -0.456 e. The summed E-state index contributed by atoms with van der Waals surface area (Å²) in [5.41, 5.74) is 6.70. The van der Waals surface area contributed by atoms with Crippen LogP contribution in [0.15, 0.2) is 12.7 Å². The molecule has 0 radical (unpaired) electrons. The topological polar surface area (TPSA) is 141 Å². The number of imidazole rings is 1. The molecule has 32 heavy (non-hydrogen) atoms. The molecule has 12 heteroatoms. The maximum atomic E-state index is 11.9. The third-order valence-electron chi connectivity index (χ3n) is 5.97. The van der Waals surface area contributed by atoms with Gasteiger partial charge in [-0.2, -0.15) is 0 Å². The second-order valence-corrected chi connectivity index (χ2v) is 14.2. The molecule has 0 unspecified atom stereocenters. The van der Waals surface area contributed by atoms with E-state index in [0.717, 1.165) is 0 Å². The highest BCUT2D eigenvalue weighted by molar-refractivity contribution is 6.74. The molecule has 1 fully saturated rings.